The molecular formula is C20H27Cl2N5O. The molecule has 6 nitrogen and oxygen atoms in total. The SMILES string of the molecule is CC(C)C(Nc1ncccc1C(=O)Nc1ccc(Cl)cn1)C1CCNCC1.Cl. The Morgan fingerprint density at radius 3 is 2.61 bits per heavy atom. The third-order valence-corrected chi connectivity index (χ3v) is 5.16. The lowest BCUT2D eigenvalue weighted by molar-refractivity contribution is 0.102. The molecule has 1 saturated heterocycles. The second-order valence-corrected chi connectivity index (χ2v) is 7.65. The van der Waals surface area contributed by atoms with Gasteiger partial charge in [0.25, 0.3) is 5.91 Å². The van der Waals surface area contributed by atoms with Crippen LogP contribution in [0.25, 0.3) is 0 Å². The Hall–Kier alpha value is -1.89. The van der Waals surface area contributed by atoms with E-state index in [1.807, 2.05) is 0 Å². The highest BCUT2D eigenvalue weighted by molar-refractivity contribution is 6.30. The number of piperidine rings is 1. The van der Waals surface area contributed by atoms with Gasteiger partial charge in [-0.05, 0) is 62.0 Å². The van der Waals surface area contributed by atoms with E-state index >= 15 is 0 Å². The third kappa shape index (κ3) is 5.80. The number of hydrogen-bond donors (Lipinski definition) is 3. The summed E-state index contributed by atoms with van der Waals surface area (Å²) in [5.41, 5.74) is 0.508. The molecule has 3 heterocycles. The lowest BCUT2D eigenvalue weighted by Crippen LogP contribution is -2.41. The third-order valence-electron chi connectivity index (χ3n) is 4.93. The van der Waals surface area contributed by atoms with Crippen molar-refractivity contribution in [1.82, 2.24) is 15.3 Å². The fraction of sp³-hybridized carbons (Fsp3) is 0.450. The van der Waals surface area contributed by atoms with Gasteiger partial charge in [-0.1, -0.05) is 25.4 Å². The van der Waals surface area contributed by atoms with Crippen molar-refractivity contribution in [3.8, 4) is 0 Å². The van der Waals surface area contributed by atoms with Crippen LogP contribution in [0.15, 0.2) is 36.7 Å². The predicted octanol–water partition coefficient (Wildman–Crippen LogP) is 4.24. The zero-order valence-electron chi connectivity index (χ0n) is 16.1. The van der Waals surface area contributed by atoms with Crippen molar-refractivity contribution in [3.63, 3.8) is 0 Å². The van der Waals surface area contributed by atoms with Crippen LogP contribution in [0.4, 0.5) is 11.6 Å². The zero-order chi connectivity index (χ0) is 19.2. The Kier molecular flexibility index (Phi) is 8.48. The van der Waals surface area contributed by atoms with Crippen molar-refractivity contribution in [3.05, 3.63) is 47.2 Å². The van der Waals surface area contributed by atoms with Crippen molar-refractivity contribution >= 4 is 41.6 Å². The van der Waals surface area contributed by atoms with Crippen LogP contribution in [0, 0.1) is 11.8 Å². The number of carbonyl (C=O) groups excluding carboxylic acids is 1. The number of anilines is 2. The maximum Gasteiger partial charge on any atom is 0.260 e. The van der Waals surface area contributed by atoms with E-state index in [0.717, 1.165) is 25.9 Å². The summed E-state index contributed by atoms with van der Waals surface area (Å²) < 4.78 is 0. The average molecular weight is 424 g/mol. The van der Waals surface area contributed by atoms with E-state index in [1.165, 1.54) is 6.20 Å². The van der Waals surface area contributed by atoms with Crippen molar-refractivity contribution in [2.24, 2.45) is 11.8 Å². The van der Waals surface area contributed by atoms with Gasteiger partial charge in [-0.3, -0.25) is 4.79 Å². The van der Waals surface area contributed by atoms with Gasteiger partial charge >= 0.3 is 0 Å². The molecule has 1 aliphatic rings. The van der Waals surface area contributed by atoms with Gasteiger partial charge in [-0.25, -0.2) is 9.97 Å². The monoisotopic (exact) mass is 423 g/mol. The van der Waals surface area contributed by atoms with Crippen LogP contribution in [0.2, 0.25) is 5.02 Å². The highest BCUT2D eigenvalue weighted by Crippen LogP contribution is 2.26. The van der Waals surface area contributed by atoms with Crippen molar-refractivity contribution in [2.75, 3.05) is 23.7 Å². The fourth-order valence-electron chi connectivity index (χ4n) is 3.53. The van der Waals surface area contributed by atoms with E-state index in [0.29, 0.717) is 34.1 Å². The number of carbonyl (C=O) groups is 1. The average Bonchev–Trinajstić information content (AvgIpc) is 2.68. The predicted molar refractivity (Wildman–Crippen MR) is 117 cm³/mol. The molecule has 0 radical (unpaired) electrons. The van der Waals surface area contributed by atoms with E-state index in [-0.39, 0.29) is 24.4 Å². The molecule has 3 rings (SSSR count). The van der Waals surface area contributed by atoms with Crippen LogP contribution in [0.3, 0.4) is 0 Å². The fourth-order valence-corrected chi connectivity index (χ4v) is 3.64. The molecule has 1 amide bonds. The quantitative estimate of drug-likeness (QED) is 0.647. The summed E-state index contributed by atoms with van der Waals surface area (Å²) in [6, 6.07) is 7.18. The standard InChI is InChI=1S/C20H26ClN5O.ClH/c1-13(2)18(14-7-10-22-11-8-14)26-19-16(4-3-9-23-19)20(27)25-17-6-5-15(21)12-24-17;/h3-6,9,12-14,18,22H,7-8,10-11H2,1-2H3,(H,23,26)(H,24,25,27);1H. The van der Waals surface area contributed by atoms with Crippen LogP contribution < -0.4 is 16.0 Å². The maximum absolute atomic E-state index is 12.8. The molecule has 3 N–H and O–H groups in total. The minimum atomic E-state index is -0.242. The molecule has 0 bridgehead atoms. The summed E-state index contributed by atoms with van der Waals surface area (Å²) in [5, 5.41) is 10.3. The van der Waals surface area contributed by atoms with Gasteiger partial charge in [0.15, 0.2) is 0 Å². The van der Waals surface area contributed by atoms with Gasteiger partial charge in [0.1, 0.15) is 11.6 Å². The lowest BCUT2D eigenvalue weighted by atomic mass is 9.84. The highest BCUT2D eigenvalue weighted by atomic mass is 35.5. The maximum atomic E-state index is 12.8. The lowest BCUT2D eigenvalue weighted by Gasteiger charge is -2.34. The number of rotatable bonds is 6. The van der Waals surface area contributed by atoms with Gasteiger partial charge in [0.05, 0.1) is 10.6 Å². The first-order valence-electron chi connectivity index (χ1n) is 9.40. The van der Waals surface area contributed by atoms with Gasteiger partial charge in [-0.15, -0.1) is 12.4 Å². The first-order valence-corrected chi connectivity index (χ1v) is 9.77. The molecule has 8 heteroatoms. The highest BCUT2D eigenvalue weighted by Gasteiger charge is 2.27. The summed E-state index contributed by atoms with van der Waals surface area (Å²) in [6.07, 6.45) is 5.46. The van der Waals surface area contributed by atoms with E-state index < -0.39 is 0 Å². The minimum Gasteiger partial charge on any atom is -0.366 e. The Morgan fingerprint density at radius 1 is 1.21 bits per heavy atom. The normalized spacial score (nSPS) is 15.6. The van der Waals surface area contributed by atoms with Crippen LogP contribution >= 0.6 is 24.0 Å². The summed E-state index contributed by atoms with van der Waals surface area (Å²) in [6.45, 7) is 6.49. The van der Waals surface area contributed by atoms with E-state index in [9.17, 15) is 4.79 Å². The molecule has 0 spiro atoms. The first kappa shape index (κ1) is 22.4. The van der Waals surface area contributed by atoms with Gasteiger partial charge < -0.3 is 16.0 Å². The van der Waals surface area contributed by atoms with Crippen molar-refractivity contribution in [1.29, 1.82) is 0 Å². The summed E-state index contributed by atoms with van der Waals surface area (Å²) in [4.78, 5) is 21.3. The summed E-state index contributed by atoms with van der Waals surface area (Å²) in [7, 11) is 0. The van der Waals surface area contributed by atoms with Crippen LogP contribution in [0.1, 0.15) is 37.0 Å². The number of halogens is 2. The molecule has 2 aromatic heterocycles. The van der Waals surface area contributed by atoms with Crippen LogP contribution in [-0.4, -0.2) is 35.0 Å². The largest absolute Gasteiger partial charge is 0.366 e. The van der Waals surface area contributed by atoms with Crippen molar-refractivity contribution < 1.29 is 4.79 Å². The van der Waals surface area contributed by atoms with Gasteiger partial charge in [0.2, 0.25) is 0 Å². The molecule has 28 heavy (non-hydrogen) atoms. The zero-order valence-corrected chi connectivity index (χ0v) is 17.7. The molecule has 1 fully saturated rings. The van der Waals surface area contributed by atoms with Crippen molar-refractivity contribution in [2.45, 2.75) is 32.7 Å². The van der Waals surface area contributed by atoms with Gasteiger partial charge in [0, 0.05) is 18.4 Å². The number of amides is 1. The molecule has 0 aliphatic carbocycles. The second-order valence-electron chi connectivity index (χ2n) is 7.22. The Labute approximate surface area is 177 Å². The number of nitrogens with zero attached hydrogens (tertiary/aromatic N) is 2. The smallest absolute Gasteiger partial charge is 0.260 e. The molecule has 2 aromatic rings. The minimum absolute atomic E-state index is 0. The molecule has 152 valence electrons. The van der Waals surface area contributed by atoms with Crippen LogP contribution in [-0.2, 0) is 0 Å². The van der Waals surface area contributed by atoms with Gasteiger partial charge in [-0.2, -0.15) is 0 Å². The molecule has 1 aliphatic heterocycles. The van der Waals surface area contributed by atoms with E-state index in [4.69, 9.17) is 11.6 Å². The number of nitrogens with one attached hydrogen (secondary N) is 3. The molecular weight excluding hydrogens is 397 g/mol. The number of aromatic nitrogens is 2. The Morgan fingerprint density at radius 2 is 1.96 bits per heavy atom. The second kappa shape index (κ2) is 10.6. The summed E-state index contributed by atoms with van der Waals surface area (Å²) in [5.74, 6) is 1.82. The Balaban J connectivity index is 0.00000280. The van der Waals surface area contributed by atoms with E-state index in [2.05, 4.69) is 39.8 Å². The molecule has 1 atom stereocenters. The molecule has 0 saturated carbocycles. The molecule has 1 unspecified atom stereocenters. The topological polar surface area (TPSA) is 78.9 Å². The first-order chi connectivity index (χ1) is 13.0. The number of hydrogen-bond acceptors (Lipinski definition) is 5. The summed E-state index contributed by atoms with van der Waals surface area (Å²) >= 11 is 5.85. The van der Waals surface area contributed by atoms with Crippen LogP contribution in [0.5, 0.6) is 0 Å². The Bertz CT molecular complexity index is 763. The molecule has 0 aromatic carbocycles. The number of pyridine rings is 2. The van der Waals surface area contributed by atoms with E-state index in [1.54, 1.807) is 30.5 Å².